The van der Waals surface area contributed by atoms with Crippen LogP contribution in [0.1, 0.15) is 44.0 Å². The Morgan fingerprint density at radius 2 is 2.06 bits per heavy atom. The van der Waals surface area contributed by atoms with Crippen LogP contribution in [0.4, 0.5) is 5.82 Å². The van der Waals surface area contributed by atoms with Gasteiger partial charge in [0.2, 0.25) is 0 Å². The minimum atomic E-state index is -1.03. The molecule has 1 fully saturated rings. The topological polar surface area (TPSA) is 159 Å². The number of hydrogen-bond acceptors (Lipinski definition) is 10. The van der Waals surface area contributed by atoms with Crippen molar-refractivity contribution in [3.8, 4) is 24.2 Å². The lowest BCUT2D eigenvalue weighted by molar-refractivity contribution is -0.0713. The number of nitrogen functional groups attached to an aromatic ring is 1. The van der Waals surface area contributed by atoms with Crippen LogP contribution in [0, 0.1) is 24.2 Å². The zero-order valence-electron chi connectivity index (χ0n) is 19.2. The molecule has 1 aliphatic rings. The van der Waals surface area contributed by atoms with E-state index in [1.165, 1.54) is 12.7 Å². The summed E-state index contributed by atoms with van der Waals surface area (Å²) in [4.78, 5) is 12.4. The average molecular weight is 481 g/mol. The van der Waals surface area contributed by atoms with E-state index in [-0.39, 0.29) is 12.4 Å². The maximum Gasteiger partial charge on any atom is 0.167 e. The van der Waals surface area contributed by atoms with E-state index < -0.39 is 24.5 Å². The number of nitrogens with two attached hydrogens (primary N) is 1. The van der Waals surface area contributed by atoms with Gasteiger partial charge in [0.1, 0.15) is 30.2 Å². The van der Waals surface area contributed by atoms with E-state index in [0.717, 1.165) is 25.7 Å². The molecule has 4 N–H and O–H groups in total. The van der Waals surface area contributed by atoms with Gasteiger partial charge in [0.25, 0.3) is 0 Å². The molecule has 0 aromatic carbocycles. The van der Waals surface area contributed by atoms with E-state index in [1.54, 1.807) is 15.4 Å². The quantitative estimate of drug-likeness (QED) is 0.271. The molecule has 184 valence electrons. The molecule has 0 radical (unpaired) electrons. The van der Waals surface area contributed by atoms with Crippen molar-refractivity contribution in [2.75, 3.05) is 18.9 Å². The fraction of sp³-hybridized carbons (Fsp3) is 0.522. The second kappa shape index (κ2) is 11.7. The summed E-state index contributed by atoms with van der Waals surface area (Å²) >= 11 is 0. The van der Waals surface area contributed by atoms with Crippen LogP contribution in [-0.4, -0.2) is 76.3 Å². The lowest BCUT2D eigenvalue weighted by Gasteiger charge is -2.22. The second-order valence-electron chi connectivity index (χ2n) is 8.09. The molecule has 4 rings (SSSR count). The van der Waals surface area contributed by atoms with Gasteiger partial charge in [-0.15, -0.1) is 17.4 Å². The summed E-state index contributed by atoms with van der Waals surface area (Å²) in [5.74, 6) is 8.95. The minimum Gasteiger partial charge on any atom is -0.394 e. The summed E-state index contributed by atoms with van der Waals surface area (Å²) in [7, 11) is 0. The van der Waals surface area contributed by atoms with Crippen LogP contribution < -0.4 is 5.73 Å². The van der Waals surface area contributed by atoms with E-state index in [9.17, 15) is 10.2 Å². The Morgan fingerprint density at radius 1 is 1.20 bits per heavy atom. The number of anilines is 1. The highest BCUT2D eigenvalue weighted by atomic mass is 16.6. The van der Waals surface area contributed by atoms with E-state index in [4.69, 9.17) is 21.6 Å². The van der Waals surface area contributed by atoms with Crippen molar-refractivity contribution in [3.05, 3.63) is 24.5 Å². The largest absolute Gasteiger partial charge is 0.394 e. The monoisotopic (exact) mass is 480 g/mol. The molecule has 0 unspecified atom stereocenters. The van der Waals surface area contributed by atoms with Crippen molar-refractivity contribution in [1.29, 1.82) is 0 Å². The van der Waals surface area contributed by atoms with E-state index >= 15 is 0 Å². The Hall–Kier alpha value is -3.55. The first kappa shape index (κ1) is 24.6. The molecule has 0 aliphatic carbocycles. The Kier molecular flexibility index (Phi) is 8.23. The third-order valence-electron chi connectivity index (χ3n) is 5.62. The third-order valence-corrected chi connectivity index (χ3v) is 5.62. The first-order valence-corrected chi connectivity index (χ1v) is 11.4. The fourth-order valence-corrected chi connectivity index (χ4v) is 3.83. The molecule has 0 bridgehead atoms. The second-order valence-corrected chi connectivity index (χ2v) is 8.09. The minimum absolute atomic E-state index is 0.240. The summed E-state index contributed by atoms with van der Waals surface area (Å²) in [6.45, 7) is 0.528. The molecular formula is C23H28N8O4. The van der Waals surface area contributed by atoms with Gasteiger partial charge in [0.15, 0.2) is 23.4 Å². The number of aryl methyl sites for hydroxylation is 1. The van der Waals surface area contributed by atoms with Gasteiger partial charge in [0.05, 0.1) is 19.1 Å². The molecule has 0 spiro atoms. The van der Waals surface area contributed by atoms with Gasteiger partial charge < -0.3 is 25.4 Å². The van der Waals surface area contributed by atoms with Gasteiger partial charge >= 0.3 is 0 Å². The molecule has 35 heavy (non-hydrogen) atoms. The number of rotatable bonds is 10. The molecule has 12 nitrogen and oxygen atoms in total. The summed E-state index contributed by atoms with van der Waals surface area (Å²) < 4.78 is 15.2. The smallest absolute Gasteiger partial charge is 0.167 e. The van der Waals surface area contributed by atoms with Gasteiger partial charge in [-0.25, -0.2) is 15.0 Å². The zero-order chi connectivity index (χ0) is 24.6. The molecule has 0 saturated carbocycles. The summed E-state index contributed by atoms with van der Waals surface area (Å²) in [5.41, 5.74) is 7.36. The predicted octanol–water partition coefficient (Wildman–Crippen LogP) is 0.271. The third kappa shape index (κ3) is 5.75. The lowest BCUT2D eigenvalue weighted by atomic mass is 10.1. The molecule has 12 heteroatoms. The number of aliphatic hydroxyl groups is 2. The van der Waals surface area contributed by atoms with Crippen molar-refractivity contribution >= 4 is 17.0 Å². The first-order chi connectivity index (χ1) is 17.1. The van der Waals surface area contributed by atoms with Crippen LogP contribution in [0.5, 0.6) is 0 Å². The molecule has 0 amide bonds. The van der Waals surface area contributed by atoms with Crippen LogP contribution >= 0.6 is 0 Å². The van der Waals surface area contributed by atoms with Gasteiger partial charge in [-0.2, -0.15) is 0 Å². The number of aliphatic hydroxyl groups excluding tert-OH is 2. The van der Waals surface area contributed by atoms with Gasteiger partial charge in [-0.1, -0.05) is 11.1 Å². The number of fused-ring (bicyclic) bond motifs is 1. The van der Waals surface area contributed by atoms with Gasteiger partial charge in [-0.05, 0) is 25.2 Å². The molecule has 1 aliphatic heterocycles. The number of hydrogen-bond donors (Lipinski definition) is 3. The molecule has 3 aromatic heterocycles. The highest BCUT2D eigenvalue weighted by Crippen LogP contribution is 2.34. The lowest BCUT2D eigenvalue weighted by Crippen LogP contribution is -2.35. The van der Waals surface area contributed by atoms with Crippen LogP contribution in [0.25, 0.3) is 11.2 Å². The highest BCUT2D eigenvalue weighted by Gasteiger charge is 2.45. The Bertz CT molecular complexity index is 1220. The van der Waals surface area contributed by atoms with Crippen LogP contribution in [-0.2, 0) is 16.0 Å². The predicted molar refractivity (Wildman–Crippen MR) is 125 cm³/mol. The standard InChI is InChI=1S/C23H28N8O4/c1-2-3-4-5-6-7-9-16-12-30(29-28-16)10-8-11-34-20-19(33)17(13-32)35-23(20)31-15-27-18-21(24)25-14-26-22(18)31/h1,12,14-15,17,19-20,23,32-33H,3-6,8,10-11,13H2,(H2,24,25,26)/t17-,19-,20-,23-/m1/s1. The molecule has 1 saturated heterocycles. The normalized spacial score (nSPS) is 21.6. The average Bonchev–Trinajstić information content (AvgIpc) is 3.57. The van der Waals surface area contributed by atoms with Crippen molar-refractivity contribution < 1.29 is 19.7 Å². The van der Waals surface area contributed by atoms with Crippen molar-refractivity contribution in [2.24, 2.45) is 0 Å². The molecular weight excluding hydrogens is 452 g/mol. The van der Waals surface area contributed by atoms with Crippen molar-refractivity contribution in [2.45, 2.75) is 63.2 Å². The fourth-order valence-electron chi connectivity index (χ4n) is 3.83. The van der Waals surface area contributed by atoms with Gasteiger partial charge in [-0.3, -0.25) is 9.25 Å². The van der Waals surface area contributed by atoms with Crippen molar-refractivity contribution in [3.63, 3.8) is 0 Å². The number of imidazole rings is 1. The highest BCUT2D eigenvalue weighted by molar-refractivity contribution is 5.81. The summed E-state index contributed by atoms with van der Waals surface area (Å²) in [5, 5.41) is 28.4. The molecule has 3 aromatic rings. The number of aromatic nitrogens is 7. The Morgan fingerprint density at radius 3 is 2.89 bits per heavy atom. The SMILES string of the molecule is C#CCCCCC#Cc1cn(CCCO[C@@H]2[C@H](O)[C@@H](CO)O[C@H]2n2cnc3c(N)ncnc32)nn1. The van der Waals surface area contributed by atoms with Crippen LogP contribution in [0.3, 0.4) is 0 Å². The number of ether oxygens (including phenoxy) is 2. The first-order valence-electron chi connectivity index (χ1n) is 11.4. The van der Waals surface area contributed by atoms with Crippen LogP contribution in [0.15, 0.2) is 18.9 Å². The molecule has 4 atom stereocenters. The number of nitrogens with zero attached hydrogens (tertiary/aromatic N) is 7. The summed E-state index contributed by atoms with van der Waals surface area (Å²) in [6.07, 6.45) is 10.6. The molecule has 4 heterocycles. The van der Waals surface area contributed by atoms with Crippen molar-refractivity contribution in [1.82, 2.24) is 34.5 Å². The Balaban J connectivity index is 1.32. The van der Waals surface area contributed by atoms with E-state index in [1.807, 2.05) is 0 Å². The Labute approximate surface area is 202 Å². The summed E-state index contributed by atoms with van der Waals surface area (Å²) in [6, 6.07) is 0. The maximum absolute atomic E-state index is 10.7. The maximum atomic E-state index is 10.7. The number of terminal acetylenes is 1. The zero-order valence-corrected chi connectivity index (χ0v) is 19.2. The van der Waals surface area contributed by atoms with E-state index in [0.29, 0.717) is 36.4 Å². The van der Waals surface area contributed by atoms with Crippen LogP contribution in [0.2, 0.25) is 0 Å². The van der Waals surface area contributed by atoms with E-state index in [2.05, 4.69) is 43.0 Å². The number of unbranched alkanes of at least 4 members (excludes halogenated alkanes) is 3. The van der Waals surface area contributed by atoms with Gasteiger partial charge in [0, 0.05) is 26.0 Å².